The van der Waals surface area contributed by atoms with Crippen LogP contribution in [-0.4, -0.2) is 4.98 Å². The Morgan fingerprint density at radius 2 is 2.25 bits per heavy atom. The van der Waals surface area contributed by atoms with Gasteiger partial charge in [-0.2, -0.15) is 0 Å². The van der Waals surface area contributed by atoms with Gasteiger partial charge in [0.05, 0.1) is 10.7 Å². The van der Waals surface area contributed by atoms with Crippen molar-refractivity contribution < 1.29 is 4.39 Å². The molecule has 1 aromatic carbocycles. The van der Waals surface area contributed by atoms with Crippen LogP contribution in [0, 0.1) is 12.7 Å². The maximum absolute atomic E-state index is 12.9. The van der Waals surface area contributed by atoms with Crippen molar-refractivity contribution in [3.8, 4) is 10.6 Å². The maximum Gasteiger partial charge on any atom is 0.125 e. The number of halogens is 2. The van der Waals surface area contributed by atoms with Crippen molar-refractivity contribution in [1.82, 2.24) is 4.98 Å². The molecule has 0 spiro atoms. The average molecular weight is 257 g/mol. The van der Waals surface area contributed by atoms with Crippen molar-refractivity contribution in [2.24, 2.45) is 5.73 Å². The largest absolute Gasteiger partial charge is 0.326 e. The van der Waals surface area contributed by atoms with Crippen LogP contribution in [0.25, 0.3) is 10.6 Å². The number of aryl methyl sites for hydroxylation is 1. The highest BCUT2D eigenvalue weighted by molar-refractivity contribution is 7.15. The molecule has 0 saturated heterocycles. The summed E-state index contributed by atoms with van der Waals surface area (Å²) in [4.78, 5) is 5.40. The molecule has 0 atom stereocenters. The van der Waals surface area contributed by atoms with Gasteiger partial charge in [-0.25, -0.2) is 9.37 Å². The number of nitrogens with zero attached hydrogens (tertiary/aromatic N) is 1. The Morgan fingerprint density at radius 1 is 1.50 bits per heavy atom. The minimum atomic E-state index is -0.346. The predicted octanol–water partition coefficient (Wildman–Crippen LogP) is 3.37. The van der Waals surface area contributed by atoms with Crippen LogP contribution in [0.4, 0.5) is 4.39 Å². The highest BCUT2D eigenvalue weighted by Gasteiger charge is 2.11. The van der Waals surface area contributed by atoms with Gasteiger partial charge in [0.1, 0.15) is 10.8 Å². The van der Waals surface area contributed by atoms with E-state index in [1.165, 1.54) is 23.5 Å². The Morgan fingerprint density at radius 3 is 2.81 bits per heavy atom. The number of thiazole rings is 1. The monoisotopic (exact) mass is 256 g/mol. The van der Waals surface area contributed by atoms with Gasteiger partial charge in [0.25, 0.3) is 0 Å². The van der Waals surface area contributed by atoms with Gasteiger partial charge in [-0.05, 0) is 25.1 Å². The fourth-order valence-electron chi connectivity index (χ4n) is 1.40. The fourth-order valence-corrected chi connectivity index (χ4v) is 2.69. The first kappa shape index (κ1) is 11.5. The van der Waals surface area contributed by atoms with Crippen molar-refractivity contribution in [2.75, 3.05) is 0 Å². The molecule has 0 fully saturated rings. The van der Waals surface area contributed by atoms with Crippen LogP contribution in [0.1, 0.15) is 10.6 Å². The molecule has 2 nitrogen and oxygen atoms in total. The topological polar surface area (TPSA) is 38.9 Å². The van der Waals surface area contributed by atoms with Crippen LogP contribution in [0.15, 0.2) is 18.2 Å². The molecule has 5 heteroatoms. The van der Waals surface area contributed by atoms with E-state index in [0.717, 1.165) is 21.1 Å². The lowest BCUT2D eigenvalue weighted by atomic mass is 10.2. The molecule has 2 rings (SSSR count). The lowest BCUT2D eigenvalue weighted by Crippen LogP contribution is -1.94. The molecule has 1 aromatic heterocycles. The number of hydrogen-bond acceptors (Lipinski definition) is 3. The molecule has 0 unspecified atom stereocenters. The van der Waals surface area contributed by atoms with Gasteiger partial charge in [0.15, 0.2) is 0 Å². The normalized spacial score (nSPS) is 10.8. The molecule has 2 aromatic rings. The lowest BCUT2D eigenvalue weighted by molar-refractivity contribution is 0.628. The van der Waals surface area contributed by atoms with E-state index in [0.29, 0.717) is 11.6 Å². The number of hydrogen-bond donors (Lipinski definition) is 1. The summed E-state index contributed by atoms with van der Waals surface area (Å²) in [6.45, 7) is 2.36. The van der Waals surface area contributed by atoms with Crippen LogP contribution in [0.3, 0.4) is 0 Å². The SMILES string of the molecule is Cc1nc(-c2ccc(F)cc2Cl)sc1CN. The summed E-state index contributed by atoms with van der Waals surface area (Å²) in [6, 6.07) is 4.30. The standard InChI is InChI=1S/C11H10ClFN2S/c1-6-10(5-14)16-11(15-6)8-3-2-7(13)4-9(8)12/h2-4H,5,14H2,1H3. The lowest BCUT2D eigenvalue weighted by Gasteiger charge is -1.99. The number of rotatable bonds is 2. The second kappa shape index (κ2) is 4.49. The van der Waals surface area contributed by atoms with E-state index >= 15 is 0 Å². The number of aromatic nitrogens is 1. The zero-order chi connectivity index (χ0) is 11.7. The van der Waals surface area contributed by atoms with Crippen LogP contribution in [0.2, 0.25) is 5.02 Å². The van der Waals surface area contributed by atoms with Crippen molar-refractivity contribution in [3.63, 3.8) is 0 Å². The molecule has 2 N–H and O–H groups in total. The summed E-state index contributed by atoms with van der Waals surface area (Å²) in [5, 5.41) is 1.15. The number of benzene rings is 1. The Kier molecular flexibility index (Phi) is 3.23. The van der Waals surface area contributed by atoms with E-state index < -0.39 is 0 Å². The average Bonchev–Trinajstić information content (AvgIpc) is 2.59. The smallest absolute Gasteiger partial charge is 0.125 e. The Hall–Kier alpha value is -0.970. The highest BCUT2D eigenvalue weighted by atomic mass is 35.5. The van der Waals surface area contributed by atoms with Gasteiger partial charge < -0.3 is 5.73 Å². The summed E-state index contributed by atoms with van der Waals surface area (Å²) < 4.78 is 12.9. The fraction of sp³-hybridized carbons (Fsp3) is 0.182. The zero-order valence-electron chi connectivity index (χ0n) is 8.63. The van der Waals surface area contributed by atoms with Gasteiger partial charge >= 0.3 is 0 Å². The van der Waals surface area contributed by atoms with E-state index in [4.69, 9.17) is 17.3 Å². The van der Waals surface area contributed by atoms with Gasteiger partial charge in [0.2, 0.25) is 0 Å². The molecular weight excluding hydrogens is 247 g/mol. The quantitative estimate of drug-likeness (QED) is 0.895. The second-order valence-electron chi connectivity index (χ2n) is 3.36. The molecule has 0 bridgehead atoms. The highest BCUT2D eigenvalue weighted by Crippen LogP contribution is 2.32. The molecule has 0 aliphatic carbocycles. The van der Waals surface area contributed by atoms with Gasteiger partial charge in [-0.15, -0.1) is 11.3 Å². The second-order valence-corrected chi connectivity index (χ2v) is 4.85. The van der Waals surface area contributed by atoms with Gasteiger partial charge in [-0.1, -0.05) is 11.6 Å². The molecule has 0 amide bonds. The van der Waals surface area contributed by atoms with Crippen molar-refractivity contribution in [2.45, 2.75) is 13.5 Å². The van der Waals surface area contributed by atoms with Crippen molar-refractivity contribution in [1.29, 1.82) is 0 Å². The molecule has 0 aliphatic heterocycles. The van der Waals surface area contributed by atoms with E-state index in [-0.39, 0.29) is 5.82 Å². The van der Waals surface area contributed by atoms with Gasteiger partial charge in [-0.3, -0.25) is 0 Å². The van der Waals surface area contributed by atoms with E-state index in [1.54, 1.807) is 6.07 Å². The Bertz CT molecular complexity index is 525. The summed E-state index contributed by atoms with van der Waals surface area (Å²) in [7, 11) is 0. The van der Waals surface area contributed by atoms with Gasteiger partial charge in [0, 0.05) is 17.0 Å². The summed E-state index contributed by atoms with van der Waals surface area (Å²) >= 11 is 7.45. The number of nitrogens with two attached hydrogens (primary N) is 1. The molecule has 0 radical (unpaired) electrons. The first-order valence-corrected chi connectivity index (χ1v) is 5.93. The predicted molar refractivity (Wildman–Crippen MR) is 65.1 cm³/mol. The molecule has 0 aliphatic rings. The zero-order valence-corrected chi connectivity index (χ0v) is 10.2. The van der Waals surface area contributed by atoms with Crippen molar-refractivity contribution >= 4 is 22.9 Å². The Labute approximate surface area is 102 Å². The summed E-state index contributed by atoms with van der Waals surface area (Å²) in [5.41, 5.74) is 7.23. The van der Waals surface area contributed by atoms with E-state index in [1.807, 2.05) is 6.92 Å². The van der Waals surface area contributed by atoms with E-state index in [2.05, 4.69) is 4.98 Å². The Balaban J connectivity index is 2.50. The minimum absolute atomic E-state index is 0.346. The van der Waals surface area contributed by atoms with Crippen molar-refractivity contribution in [3.05, 3.63) is 39.6 Å². The first-order valence-electron chi connectivity index (χ1n) is 4.73. The molecule has 0 saturated carbocycles. The first-order chi connectivity index (χ1) is 7.61. The van der Waals surface area contributed by atoms with E-state index in [9.17, 15) is 4.39 Å². The third-order valence-electron chi connectivity index (χ3n) is 2.24. The van der Waals surface area contributed by atoms with Crippen LogP contribution in [0.5, 0.6) is 0 Å². The molecular formula is C11H10ClFN2S. The van der Waals surface area contributed by atoms with Crippen LogP contribution < -0.4 is 5.73 Å². The molecule has 1 heterocycles. The third kappa shape index (κ3) is 2.09. The van der Waals surface area contributed by atoms with Crippen LogP contribution >= 0.6 is 22.9 Å². The van der Waals surface area contributed by atoms with Crippen LogP contribution in [-0.2, 0) is 6.54 Å². The minimum Gasteiger partial charge on any atom is -0.326 e. The summed E-state index contributed by atoms with van der Waals surface area (Å²) in [6.07, 6.45) is 0. The maximum atomic E-state index is 12.9. The molecule has 84 valence electrons. The third-order valence-corrected chi connectivity index (χ3v) is 3.77. The summed E-state index contributed by atoms with van der Waals surface area (Å²) in [5.74, 6) is -0.346. The molecule has 16 heavy (non-hydrogen) atoms.